The van der Waals surface area contributed by atoms with Crippen molar-refractivity contribution in [1.29, 1.82) is 0 Å². The maximum absolute atomic E-state index is 11.4. The highest BCUT2D eigenvalue weighted by Crippen LogP contribution is 2.16. The Morgan fingerprint density at radius 1 is 1.58 bits per heavy atom. The molecule has 2 aromatic rings. The van der Waals surface area contributed by atoms with Crippen molar-refractivity contribution < 1.29 is 19.1 Å². The van der Waals surface area contributed by atoms with Crippen molar-refractivity contribution in [2.24, 2.45) is 0 Å². The highest BCUT2D eigenvalue weighted by Gasteiger charge is 2.15. The molecule has 100 valence electrons. The van der Waals surface area contributed by atoms with Gasteiger partial charge in [-0.25, -0.2) is 9.78 Å². The zero-order valence-corrected chi connectivity index (χ0v) is 10.3. The zero-order valence-electron chi connectivity index (χ0n) is 10.3. The third-order valence-corrected chi connectivity index (χ3v) is 2.26. The van der Waals surface area contributed by atoms with E-state index in [4.69, 9.17) is 9.15 Å². The number of hydrogen-bond donors (Lipinski definition) is 2. The van der Waals surface area contributed by atoms with Gasteiger partial charge in [0.25, 0.3) is 0 Å². The van der Waals surface area contributed by atoms with Crippen molar-refractivity contribution in [2.45, 2.75) is 13.5 Å². The average Bonchev–Trinajstić information content (AvgIpc) is 2.89. The molecule has 0 aromatic carbocycles. The van der Waals surface area contributed by atoms with Gasteiger partial charge >= 0.3 is 5.97 Å². The predicted molar refractivity (Wildman–Crippen MR) is 65.7 cm³/mol. The van der Waals surface area contributed by atoms with E-state index in [0.717, 1.165) is 0 Å². The van der Waals surface area contributed by atoms with Crippen LogP contribution in [-0.2, 0) is 11.3 Å². The number of rotatable bonds is 5. The largest absolute Gasteiger partial charge is 0.493 e. The van der Waals surface area contributed by atoms with E-state index >= 15 is 0 Å². The molecular weight excluding hydrogens is 250 g/mol. The molecule has 0 saturated carbocycles. The van der Waals surface area contributed by atoms with E-state index < -0.39 is 11.8 Å². The lowest BCUT2D eigenvalue weighted by Gasteiger charge is -2.06. The quantitative estimate of drug-likeness (QED) is 0.790. The van der Waals surface area contributed by atoms with E-state index in [0.29, 0.717) is 12.3 Å². The summed E-state index contributed by atoms with van der Waals surface area (Å²) in [6.45, 7) is 2.27. The Kier molecular flexibility index (Phi) is 3.97. The summed E-state index contributed by atoms with van der Waals surface area (Å²) in [4.78, 5) is 19.1. The molecule has 2 aromatic heterocycles. The molecule has 0 unspecified atom stereocenters. The Bertz CT molecular complexity index is 554. The van der Waals surface area contributed by atoms with Gasteiger partial charge in [-0.3, -0.25) is 0 Å². The molecular formula is C12H13N3O4. The van der Waals surface area contributed by atoms with Crippen LogP contribution < -0.4 is 5.32 Å². The molecule has 19 heavy (non-hydrogen) atoms. The fourth-order valence-corrected chi connectivity index (χ4v) is 1.39. The maximum atomic E-state index is 11.4. The van der Waals surface area contributed by atoms with Gasteiger partial charge in [0.05, 0.1) is 25.6 Å². The minimum Gasteiger partial charge on any atom is -0.493 e. The minimum atomic E-state index is -0.655. The highest BCUT2D eigenvalue weighted by atomic mass is 16.5. The topological polar surface area (TPSA) is 97.5 Å². The predicted octanol–water partition coefficient (Wildman–Crippen LogP) is 1.56. The van der Waals surface area contributed by atoms with Crippen LogP contribution in [0.4, 0.5) is 5.95 Å². The number of aromatic nitrogens is 2. The SMILES string of the molecule is CCOC(=O)c1cnc(NCc2ccco2)nc1O. The lowest BCUT2D eigenvalue weighted by molar-refractivity contribution is 0.0521. The fraction of sp³-hybridized carbons (Fsp3) is 0.250. The lowest BCUT2D eigenvalue weighted by atomic mass is 10.3. The zero-order chi connectivity index (χ0) is 13.7. The summed E-state index contributed by atoms with van der Waals surface area (Å²) in [7, 11) is 0. The van der Waals surface area contributed by atoms with Gasteiger partial charge in [-0.2, -0.15) is 4.98 Å². The first-order valence-corrected chi connectivity index (χ1v) is 5.70. The maximum Gasteiger partial charge on any atom is 0.345 e. The lowest BCUT2D eigenvalue weighted by Crippen LogP contribution is -2.09. The molecule has 2 N–H and O–H groups in total. The Balaban J connectivity index is 2.04. The van der Waals surface area contributed by atoms with Crippen molar-refractivity contribution in [3.63, 3.8) is 0 Å². The minimum absolute atomic E-state index is 0.0644. The van der Waals surface area contributed by atoms with Crippen LogP contribution in [0.25, 0.3) is 0 Å². The van der Waals surface area contributed by atoms with Crippen molar-refractivity contribution in [1.82, 2.24) is 9.97 Å². The van der Waals surface area contributed by atoms with E-state index in [-0.39, 0.29) is 18.1 Å². The van der Waals surface area contributed by atoms with Gasteiger partial charge in [0.2, 0.25) is 11.8 Å². The Morgan fingerprint density at radius 3 is 3.05 bits per heavy atom. The third kappa shape index (κ3) is 3.21. The summed E-state index contributed by atoms with van der Waals surface area (Å²) >= 11 is 0. The second-order valence-corrected chi connectivity index (χ2v) is 3.58. The fourth-order valence-electron chi connectivity index (χ4n) is 1.39. The molecule has 0 spiro atoms. The molecule has 0 amide bonds. The summed E-state index contributed by atoms with van der Waals surface area (Å²) in [5, 5.41) is 12.5. The molecule has 0 radical (unpaired) electrons. The summed E-state index contributed by atoms with van der Waals surface area (Å²) in [6.07, 6.45) is 2.77. The van der Waals surface area contributed by atoms with E-state index in [1.54, 1.807) is 25.3 Å². The highest BCUT2D eigenvalue weighted by molar-refractivity contribution is 5.91. The second-order valence-electron chi connectivity index (χ2n) is 3.58. The monoisotopic (exact) mass is 263 g/mol. The molecule has 2 heterocycles. The molecule has 0 saturated heterocycles. The smallest absolute Gasteiger partial charge is 0.345 e. The number of nitrogens with zero attached hydrogens (tertiary/aromatic N) is 2. The van der Waals surface area contributed by atoms with Crippen LogP contribution >= 0.6 is 0 Å². The Morgan fingerprint density at radius 2 is 2.42 bits per heavy atom. The first-order chi connectivity index (χ1) is 9.20. The molecule has 0 aliphatic carbocycles. The van der Waals surface area contributed by atoms with Crippen LogP contribution in [0, 0.1) is 0 Å². The van der Waals surface area contributed by atoms with Gasteiger partial charge < -0.3 is 19.6 Å². The number of carbonyl (C=O) groups is 1. The summed E-state index contributed by atoms with van der Waals surface area (Å²) in [5.41, 5.74) is -0.0644. The summed E-state index contributed by atoms with van der Waals surface area (Å²) < 4.78 is 9.88. The molecule has 2 rings (SSSR count). The van der Waals surface area contributed by atoms with Gasteiger partial charge in [-0.15, -0.1) is 0 Å². The van der Waals surface area contributed by atoms with Crippen LogP contribution in [0.3, 0.4) is 0 Å². The van der Waals surface area contributed by atoms with Crippen LogP contribution in [0.15, 0.2) is 29.0 Å². The number of esters is 1. The van der Waals surface area contributed by atoms with Crippen LogP contribution in [0.5, 0.6) is 5.88 Å². The second kappa shape index (κ2) is 5.85. The van der Waals surface area contributed by atoms with E-state index in [9.17, 15) is 9.90 Å². The normalized spacial score (nSPS) is 10.2. The van der Waals surface area contributed by atoms with Crippen molar-refractivity contribution in [3.05, 3.63) is 35.9 Å². The van der Waals surface area contributed by atoms with Gasteiger partial charge in [0.15, 0.2) is 0 Å². The third-order valence-electron chi connectivity index (χ3n) is 2.26. The molecule has 0 atom stereocenters. The number of hydrogen-bond acceptors (Lipinski definition) is 7. The van der Waals surface area contributed by atoms with Gasteiger partial charge in [-0.1, -0.05) is 0 Å². The summed E-state index contributed by atoms with van der Waals surface area (Å²) in [6, 6.07) is 3.55. The number of aromatic hydroxyl groups is 1. The average molecular weight is 263 g/mol. The van der Waals surface area contributed by atoms with E-state index in [2.05, 4.69) is 15.3 Å². The number of furan rings is 1. The molecule has 7 nitrogen and oxygen atoms in total. The first-order valence-electron chi connectivity index (χ1n) is 5.70. The van der Waals surface area contributed by atoms with Crippen LogP contribution in [-0.4, -0.2) is 27.7 Å². The standard InChI is InChI=1S/C12H13N3O4/c1-2-18-11(17)9-7-14-12(15-10(9)16)13-6-8-4-3-5-19-8/h3-5,7H,2,6H2,1H3,(H2,13,14,15,16). The molecule has 0 bridgehead atoms. The van der Waals surface area contributed by atoms with Gasteiger partial charge in [0, 0.05) is 0 Å². The molecule has 0 fully saturated rings. The number of carbonyl (C=O) groups excluding carboxylic acids is 1. The number of nitrogens with one attached hydrogen (secondary N) is 1. The summed E-state index contributed by atoms with van der Waals surface area (Å²) in [5.74, 6) is -0.174. The van der Waals surface area contributed by atoms with Crippen molar-refractivity contribution in [2.75, 3.05) is 11.9 Å². The van der Waals surface area contributed by atoms with Gasteiger partial charge in [-0.05, 0) is 19.1 Å². The molecule has 7 heteroatoms. The number of anilines is 1. The van der Waals surface area contributed by atoms with E-state index in [1.165, 1.54) is 6.20 Å². The Labute approximate surface area is 109 Å². The van der Waals surface area contributed by atoms with Crippen molar-refractivity contribution >= 4 is 11.9 Å². The molecule has 0 aliphatic rings. The first kappa shape index (κ1) is 12.9. The van der Waals surface area contributed by atoms with Crippen LogP contribution in [0.1, 0.15) is 23.0 Å². The Hall–Kier alpha value is -2.57. The number of ether oxygens (including phenoxy) is 1. The van der Waals surface area contributed by atoms with Gasteiger partial charge in [0.1, 0.15) is 11.3 Å². The van der Waals surface area contributed by atoms with Crippen LogP contribution in [0.2, 0.25) is 0 Å². The molecule has 0 aliphatic heterocycles. The van der Waals surface area contributed by atoms with E-state index in [1.807, 2.05) is 0 Å². The van der Waals surface area contributed by atoms with Crippen molar-refractivity contribution in [3.8, 4) is 5.88 Å².